The Balaban J connectivity index is 1.48. The highest BCUT2D eigenvalue weighted by atomic mass is 32.2. The monoisotopic (exact) mass is 333 g/mol. The molecule has 1 aliphatic heterocycles. The Morgan fingerprint density at radius 2 is 2.35 bits per heavy atom. The van der Waals surface area contributed by atoms with Crippen LogP contribution in [0.4, 0.5) is 0 Å². The standard InChI is InChI=1S/C16H19N3O3S/c1-11-4-2-5-12(8-11)15-18-19-16(22-15)23-10-14(20)17-9-13-6-3-7-21-13/h2,4-5,8,13H,3,6-7,9-10H2,1H3,(H,17,20). The molecule has 0 spiro atoms. The molecule has 1 unspecified atom stereocenters. The van der Waals surface area contributed by atoms with E-state index < -0.39 is 0 Å². The molecule has 122 valence electrons. The summed E-state index contributed by atoms with van der Waals surface area (Å²) in [5.74, 6) is 0.666. The van der Waals surface area contributed by atoms with Crippen molar-refractivity contribution in [1.82, 2.24) is 15.5 Å². The van der Waals surface area contributed by atoms with Crippen molar-refractivity contribution in [2.45, 2.75) is 31.1 Å². The maximum atomic E-state index is 11.8. The number of rotatable bonds is 6. The number of thioether (sulfide) groups is 1. The van der Waals surface area contributed by atoms with Gasteiger partial charge in [-0.25, -0.2) is 0 Å². The number of aromatic nitrogens is 2. The smallest absolute Gasteiger partial charge is 0.277 e. The summed E-state index contributed by atoms with van der Waals surface area (Å²) in [6.07, 6.45) is 2.23. The van der Waals surface area contributed by atoms with Crippen LogP contribution in [-0.4, -0.2) is 41.1 Å². The van der Waals surface area contributed by atoms with Crippen LogP contribution in [0, 0.1) is 6.92 Å². The van der Waals surface area contributed by atoms with Gasteiger partial charge in [-0.15, -0.1) is 10.2 Å². The fourth-order valence-corrected chi connectivity index (χ4v) is 2.97. The van der Waals surface area contributed by atoms with Gasteiger partial charge in [0.05, 0.1) is 11.9 Å². The molecule has 0 bridgehead atoms. The number of benzene rings is 1. The topological polar surface area (TPSA) is 77.2 Å². The largest absolute Gasteiger partial charge is 0.411 e. The van der Waals surface area contributed by atoms with Crippen molar-refractivity contribution in [3.05, 3.63) is 29.8 Å². The average Bonchev–Trinajstić information content (AvgIpc) is 3.22. The lowest BCUT2D eigenvalue weighted by Crippen LogP contribution is -2.32. The van der Waals surface area contributed by atoms with Crippen LogP contribution in [-0.2, 0) is 9.53 Å². The van der Waals surface area contributed by atoms with E-state index in [0.29, 0.717) is 17.7 Å². The molecule has 23 heavy (non-hydrogen) atoms. The zero-order valence-corrected chi connectivity index (χ0v) is 13.8. The Morgan fingerprint density at radius 3 is 3.13 bits per heavy atom. The number of amides is 1. The van der Waals surface area contributed by atoms with Crippen LogP contribution >= 0.6 is 11.8 Å². The van der Waals surface area contributed by atoms with Crippen LogP contribution in [0.1, 0.15) is 18.4 Å². The van der Waals surface area contributed by atoms with Crippen molar-refractivity contribution in [3.8, 4) is 11.5 Å². The molecular formula is C16H19N3O3S. The van der Waals surface area contributed by atoms with E-state index in [1.807, 2.05) is 31.2 Å². The lowest BCUT2D eigenvalue weighted by atomic mass is 10.1. The van der Waals surface area contributed by atoms with Gasteiger partial charge in [0.25, 0.3) is 5.22 Å². The van der Waals surface area contributed by atoms with E-state index in [0.717, 1.165) is 30.6 Å². The zero-order chi connectivity index (χ0) is 16.1. The Bertz CT molecular complexity index is 668. The minimum atomic E-state index is -0.0548. The molecule has 1 aromatic carbocycles. The summed E-state index contributed by atoms with van der Waals surface area (Å²) in [5, 5.41) is 11.3. The van der Waals surface area contributed by atoms with Gasteiger partial charge in [-0.1, -0.05) is 29.5 Å². The van der Waals surface area contributed by atoms with E-state index in [2.05, 4.69) is 15.5 Å². The number of carbonyl (C=O) groups is 1. The minimum absolute atomic E-state index is 0.0548. The molecule has 2 heterocycles. The summed E-state index contributed by atoms with van der Waals surface area (Å²) in [6.45, 7) is 3.37. The van der Waals surface area contributed by atoms with Gasteiger partial charge in [-0.05, 0) is 31.9 Å². The highest BCUT2D eigenvalue weighted by Crippen LogP contribution is 2.23. The summed E-state index contributed by atoms with van der Waals surface area (Å²) >= 11 is 1.24. The van der Waals surface area contributed by atoms with Crippen molar-refractivity contribution in [2.24, 2.45) is 0 Å². The molecule has 3 rings (SSSR count). The first kappa shape index (κ1) is 16.0. The van der Waals surface area contributed by atoms with Crippen molar-refractivity contribution < 1.29 is 13.9 Å². The number of nitrogens with one attached hydrogen (secondary N) is 1. The van der Waals surface area contributed by atoms with Gasteiger partial charge < -0.3 is 14.5 Å². The van der Waals surface area contributed by atoms with Gasteiger partial charge in [0.15, 0.2) is 0 Å². The summed E-state index contributed by atoms with van der Waals surface area (Å²) in [5.41, 5.74) is 2.01. The summed E-state index contributed by atoms with van der Waals surface area (Å²) in [6, 6.07) is 7.85. The lowest BCUT2D eigenvalue weighted by molar-refractivity contribution is -0.119. The first-order valence-electron chi connectivity index (χ1n) is 7.62. The number of hydrogen-bond donors (Lipinski definition) is 1. The van der Waals surface area contributed by atoms with E-state index in [1.54, 1.807) is 0 Å². The second-order valence-electron chi connectivity index (χ2n) is 5.47. The van der Waals surface area contributed by atoms with Crippen LogP contribution in [0.2, 0.25) is 0 Å². The summed E-state index contributed by atoms with van der Waals surface area (Å²) < 4.78 is 11.1. The molecule has 1 aromatic heterocycles. The Hall–Kier alpha value is -1.86. The molecular weight excluding hydrogens is 314 g/mol. The number of ether oxygens (including phenoxy) is 1. The molecule has 1 saturated heterocycles. The first-order chi connectivity index (χ1) is 11.2. The average molecular weight is 333 g/mol. The summed E-state index contributed by atoms with van der Waals surface area (Å²) in [7, 11) is 0. The molecule has 1 aliphatic rings. The number of hydrogen-bond acceptors (Lipinski definition) is 6. The van der Waals surface area contributed by atoms with Gasteiger partial charge >= 0.3 is 0 Å². The number of aryl methyl sites for hydroxylation is 1. The molecule has 0 radical (unpaired) electrons. The maximum Gasteiger partial charge on any atom is 0.277 e. The van der Waals surface area contributed by atoms with E-state index in [1.165, 1.54) is 11.8 Å². The molecule has 1 amide bonds. The predicted octanol–water partition coefficient (Wildman–Crippen LogP) is 2.43. The van der Waals surface area contributed by atoms with Crippen LogP contribution in [0.3, 0.4) is 0 Å². The third-order valence-corrected chi connectivity index (χ3v) is 4.37. The fraction of sp³-hybridized carbons (Fsp3) is 0.438. The molecule has 0 saturated carbocycles. The van der Waals surface area contributed by atoms with Crippen molar-refractivity contribution in [1.29, 1.82) is 0 Å². The van der Waals surface area contributed by atoms with Crippen LogP contribution < -0.4 is 5.32 Å². The lowest BCUT2D eigenvalue weighted by Gasteiger charge is -2.09. The maximum absolute atomic E-state index is 11.8. The van der Waals surface area contributed by atoms with Crippen molar-refractivity contribution in [2.75, 3.05) is 18.9 Å². The third-order valence-electron chi connectivity index (χ3n) is 3.55. The fourth-order valence-electron chi connectivity index (χ4n) is 2.37. The Kier molecular flexibility index (Phi) is 5.30. The molecule has 2 aromatic rings. The van der Waals surface area contributed by atoms with Gasteiger partial charge in [0.1, 0.15) is 0 Å². The minimum Gasteiger partial charge on any atom is -0.411 e. The quantitative estimate of drug-likeness (QED) is 0.818. The molecule has 1 N–H and O–H groups in total. The number of carbonyl (C=O) groups excluding carboxylic acids is 1. The molecule has 1 fully saturated rings. The van der Waals surface area contributed by atoms with Crippen molar-refractivity contribution in [3.63, 3.8) is 0 Å². The van der Waals surface area contributed by atoms with Crippen LogP contribution in [0.25, 0.3) is 11.5 Å². The second kappa shape index (κ2) is 7.61. The number of nitrogens with zero attached hydrogens (tertiary/aromatic N) is 2. The second-order valence-corrected chi connectivity index (χ2v) is 6.40. The molecule has 6 nitrogen and oxygen atoms in total. The summed E-state index contributed by atoms with van der Waals surface area (Å²) in [4.78, 5) is 11.8. The van der Waals surface area contributed by atoms with E-state index in [-0.39, 0.29) is 17.8 Å². The first-order valence-corrected chi connectivity index (χ1v) is 8.61. The van der Waals surface area contributed by atoms with Crippen LogP contribution in [0.5, 0.6) is 0 Å². The Morgan fingerprint density at radius 1 is 1.43 bits per heavy atom. The van der Waals surface area contributed by atoms with Crippen LogP contribution in [0.15, 0.2) is 33.9 Å². The highest BCUT2D eigenvalue weighted by Gasteiger charge is 2.17. The molecule has 0 aliphatic carbocycles. The van der Waals surface area contributed by atoms with E-state index in [4.69, 9.17) is 9.15 Å². The predicted molar refractivity (Wildman–Crippen MR) is 87.2 cm³/mol. The molecule has 7 heteroatoms. The van der Waals surface area contributed by atoms with E-state index in [9.17, 15) is 4.79 Å². The highest BCUT2D eigenvalue weighted by molar-refractivity contribution is 7.99. The van der Waals surface area contributed by atoms with Gasteiger partial charge in [-0.2, -0.15) is 0 Å². The Labute approximate surface area is 139 Å². The van der Waals surface area contributed by atoms with Gasteiger partial charge in [-0.3, -0.25) is 4.79 Å². The zero-order valence-electron chi connectivity index (χ0n) is 12.9. The van der Waals surface area contributed by atoms with Crippen molar-refractivity contribution >= 4 is 17.7 Å². The van der Waals surface area contributed by atoms with Gasteiger partial charge in [0.2, 0.25) is 11.8 Å². The third kappa shape index (κ3) is 4.56. The van der Waals surface area contributed by atoms with E-state index >= 15 is 0 Å². The normalized spacial score (nSPS) is 17.3. The van der Waals surface area contributed by atoms with Gasteiger partial charge in [0, 0.05) is 18.7 Å². The SMILES string of the molecule is Cc1cccc(-c2nnc(SCC(=O)NCC3CCCO3)o2)c1. The molecule has 1 atom stereocenters.